The van der Waals surface area contributed by atoms with Crippen molar-refractivity contribution in [3.8, 4) is 11.3 Å². The Labute approximate surface area is 167 Å². The summed E-state index contributed by atoms with van der Waals surface area (Å²) in [6, 6.07) is 10.2. The first-order chi connectivity index (χ1) is 13.8. The number of nitrogens with one attached hydrogen (secondary N) is 3. The minimum Gasteiger partial charge on any atom is -0.381 e. The molecule has 1 fully saturated rings. The smallest absolute Gasteiger partial charge is 0.191 e. The van der Waals surface area contributed by atoms with E-state index in [1.165, 1.54) is 0 Å². The molecule has 7 nitrogen and oxygen atoms in total. The van der Waals surface area contributed by atoms with Crippen molar-refractivity contribution < 1.29 is 9.47 Å². The van der Waals surface area contributed by atoms with Gasteiger partial charge in [0.1, 0.15) is 12.4 Å². The number of aromatic amines is 1. The van der Waals surface area contributed by atoms with E-state index in [-0.39, 0.29) is 0 Å². The monoisotopic (exact) mass is 385 g/mol. The molecule has 2 heterocycles. The fraction of sp³-hybridized carbons (Fsp3) is 0.524. The Kier molecular flexibility index (Phi) is 8.33. The lowest BCUT2D eigenvalue weighted by Crippen LogP contribution is -2.38. The van der Waals surface area contributed by atoms with Gasteiger partial charge in [0.2, 0.25) is 0 Å². The summed E-state index contributed by atoms with van der Waals surface area (Å²) in [5, 5.41) is 6.62. The summed E-state index contributed by atoms with van der Waals surface area (Å²) in [7, 11) is 0. The molecule has 1 aliphatic rings. The van der Waals surface area contributed by atoms with Crippen molar-refractivity contribution in [1.29, 1.82) is 0 Å². The summed E-state index contributed by atoms with van der Waals surface area (Å²) in [5.74, 6) is 2.21. The van der Waals surface area contributed by atoms with E-state index in [4.69, 9.17) is 9.47 Å². The molecular formula is C21H31N5O2. The molecule has 0 amide bonds. The van der Waals surface area contributed by atoms with E-state index < -0.39 is 0 Å². The molecular weight excluding hydrogens is 354 g/mol. The predicted molar refractivity (Wildman–Crippen MR) is 111 cm³/mol. The molecule has 0 saturated carbocycles. The van der Waals surface area contributed by atoms with Crippen LogP contribution in [0.5, 0.6) is 0 Å². The van der Waals surface area contributed by atoms with Crippen molar-refractivity contribution in [3.63, 3.8) is 0 Å². The Hall–Kier alpha value is -2.38. The molecule has 1 aliphatic heterocycles. The van der Waals surface area contributed by atoms with E-state index in [2.05, 4.69) is 44.7 Å². The zero-order chi connectivity index (χ0) is 19.4. The lowest BCUT2D eigenvalue weighted by atomic mass is 10.1. The van der Waals surface area contributed by atoms with Crippen molar-refractivity contribution in [2.45, 2.75) is 26.3 Å². The Morgan fingerprint density at radius 1 is 1.32 bits per heavy atom. The lowest BCUT2D eigenvalue weighted by molar-refractivity contribution is 0.0888. The third kappa shape index (κ3) is 6.65. The van der Waals surface area contributed by atoms with E-state index >= 15 is 0 Å². The van der Waals surface area contributed by atoms with E-state index in [1.807, 2.05) is 24.4 Å². The van der Waals surface area contributed by atoms with Crippen LogP contribution in [0.25, 0.3) is 11.3 Å². The fourth-order valence-corrected chi connectivity index (χ4v) is 3.05. The zero-order valence-corrected chi connectivity index (χ0v) is 16.6. The number of hydrogen-bond acceptors (Lipinski definition) is 4. The van der Waals surface area contributed by atoms with Crippen molar-refractivity contribution >= 4 is 5.96 Å². The van der Waals surface area contributed by atoms with Crippen LogP contribution in [-0.4, -0.2) is 55.4 Å². The molecule has 2 aromatic rings. The first kappa shape index (κ1) is 20.4. The van der Waals surface area contributed by atoms with Crippen LogP contribution in [0.4, 0.5) is 0 Å². The number of imidazole rings is 1. The maximum absolute atomic E-state index is 5.74. The second kappa shape index (κ2) is 11.5. The van der Waals surface area contributed by atoms with Crippen LogP contribution in [0.3, 0.4) is 0 Å². The van der Waals surface area contributed by atoms with Crippen molar-refractivity contribution in [2.75, 3.05) is 39.5 Å². The van der Waals surface area contributed by atoms with Gasteiger partial charge in [-0.15, -0.1) is 0 Å². The molecule has 3 rings (SSSR count). The van der Waals surface area contributed by atoms with Crippen molar-refractivity contribution in [3.05, 3.63) is 42.4 Å². The topological polar surface area (TPSA) is 83.6 Å². The van der Waals surface area contributed by atoms with Gasteiger partial charge in [-0.05, 0) is 25.3 Å². The summed E-state index contributed by atoms with van der Waals surface area (Å²) in [6.45, 7) is 7.47. The molecule has 1 aromatic carbocycles. The van der Waals surface area contributed by atoms with Crippen LogP contribution in [0.1, 0.15) is 25.6 Å². The van der Waals surface area contributed by atoms with Gasteiger partial charge in [-0.25, -0.2) is 9.98 Å². The first-order valence-electron chi connectivity index (χ1n) is 10.1. The molecule has 28 heavy (non-hydrogen) atoms. The third-order valence-electron chi connectivity index (χ3n) is 4.58. The summed E-state index contributed by atoms with van der Waals surface area (Å²) < 4.78 is 11.1. The van der Waals surface area contributed by atoms with Gasteiger partial charge >= 0.3 is 0 Å². The van der Waals surface area contributed by atoms with E-state index in [0.717, 1.165) is 75.4 Å². The van der Waals surface area contributed by atoms with Gasteiger partial charge in [0.15, 0.2) is 5.96 Å². The number of aromatic nitrogens is 2. The Balaban J connectivity index is 1.39. The maximum Gasteiger partial charge on any atom is 0.191 e. The minimum atomic E-state index is 0.500. The Morgan fingerprint density at radius 3 is 3.00 bits per heavy atom. The first-order valence-corrected chi connectivity index (χ1v) is 10.1. The average molecular weight is 386 g/mol. The average Bonchev–Trinajstić information content (AvgIpc) is 3.41. The standard InChI is InChI=1S/C21H31N5O2/c1-2-22-21(23-10-6-11-27-15-17-9-12-28-16-17)25-14-20-24-13-19(26-20)18-7-4-3-5-8-18/h3-5,7-8,13,17H,2,6,9-12,14-16H2,1H3,(H,24,26)(H2,22,23,25). The molecule has 0 radical (unpaired) electrons. The largest absolute Gasteiger partial charge is 0.381 e. The molecule has 0 bridgehead atoms. The van der Waals surface area contributed by atoms with Crippen LogP contribution in [-0.2, 0) is 16.0 Å². The molecule has 1 unspecified atom stereocenters. The summed E-state index contributed by atoms with van der Waals surface area (Å²) in [6.07, 6.45) is 3.92. The van der Waals surface area contributed by atoms with Gasteiger partial charge in [-0.1, -0.05) is 30.3 Å². The quantitative estimate of drug-likeness (QED) is 0.333. The number of nitrogens with zero attached hydrogens (tertiary/aromatic N) is 2. The highest BCUT2D eigenvalue weighted by Gasteiger charge is 2.15. The summed E-state index contributed by atoms with van der Waals surface area (Å²) in [4.78, 5) is 12.4. The number of ether oxygens (including phenoxy) is 2. The second-order valence-electron chi connectivity index (χ2n) is 6.89. The third-order valence-corrected chi connectivity index (χ3v) is 4.58. The maximum atomic E-state index is 5.74. The summed E-state index contributed by atoms with van der Waals surface area (Å²) in [5.41, 5.74) is 2.13. The zero-order valence-electron chi connectivity index (χ0n) is 16.6. The van der Waals surface area contributed by atoms with Gasteiger partial charge < -0.3 is 25.1 Å². The highest BCUT2D eigenvalue weighted by Crippen LogP contribution is 2.16. The van der Waals surface area contributed by atoms with E-state index in [0.29, 0.717) is 12.5 Å². The molecule has 3 N–H and O–H groups in total. The van der Waals surface area contributed by atoms with Crippen molar-refractivity contribution in [1.82, 2.24) is 20.6 Å². The van der Waals surface area contributed by atoms with Gasteiger partial charge in [-0.3, -0.25) is 0 Å². The summed E-state index contributed by atoms with van der Waals surface area (Å²) >= 11 is 0. The van der Waals surface area contributed by atoms with Gasteiger partial charge in [-0.2, -0.15) is 0 Å². The van der Waals surface area contributed by atoms with Gasteiger partial charge in [0.05, 0.1) is 25.1 Å². The predicted octanol–water partition coefficient (Wildman–Crippen LogP) is 2.58. The number of guanidine groups is 1. The highest BCUT2D eigenvalue weighted by atomic mass is 16.5. The van der Waals surface area contributed by atoms with Gasteiger partial charge in [0, 0.05) is 32.2 Å². The van der Waals surface area contributed by atoms with Crippen LogP contribution in [0, 0.1) is 5.92 Å². The molecule has 1 aromatic heterocycles. The number of hydrogen-bond donors (Lipinski definition) is 3. The molecule has 152 valence electrons. The SMILES string of the molecule is CCNC(=NCc1ncc(-c2ccccc2)[nH]1)NCCCOCC1CCOC1. The van der Waals surface area contributed by atoms with E-state index in [1.54, 1.807) is 0 Å². The van der Waals surface area contributed by atoms with Crippen LogP contribution >= 0.6 is 0 Å². The molecule has 1 atom stereocenters. The lowest BCUT2D eigenvalue weighted by Gasteiger charge is -2.12. The molecule has 1 saturated heterocycles. The highest BCUT2D eigenvalue weighted by molar-refractivity contribution is 5.79. The number of rotatable bonds is 10. The normalized spacial score (nSPS) is 17.0. The van der Waals surface area contributed by atoms with Crippen LogP contribution in [0.2, 0.25) is 0 Å². The molecule has 0 spiro atoms. The number of aliphatic imine (C=N–C) groups is 1. The minimum absolute atomic E-state index is 0.500. The second-order valence-corrected chi connectivity index (χ2v) is 6.89. The fourth-order valence-electron chi connectivity index (χ4n) is 3.05. The Morgan fingerprint density at radius 2 is 2.21 bits per heavy atom. The van der Waals surface area contributed by atoms with Crippen LogP contribution < -0.4 is 10.6 Å². The molecule has 7 heteroatoms. The Bertz CT molecular complexity index is 711. The van der Waals surface area contributed by atoms with E-state index in [9.17, 15) is 0 Å². The van der Waals surface area contributed by atoms with Crippen LogP contribution in [0.15, 0.2) is 41.5 Å². The molecule has 0 aliphatic carbocycles. The van der Waals surface area contributed by atoms with Crippen molar-refractivity contribution in [2.24, 2.45) is 10.9 Å². The number of H-pyrrole nitrogens is 1. The van der Waals surface area contributed by atoms with Gasteiger partial charge in [0.25, 0.3) is 0 Å². The number of benzene rings is 1.